The maximum Gasteiger partial charge on any atom is 0.245 e. The number of hydrogen-bond donors (Lipinski definition) is 0. The summed E-state index contributed by atoms with van der Waals surface area (Å²) in [5, 5.41) is 3.68. The highest BCUT2D eigenvalue weighted by Gasteiger charge is 2.44. The number of fused-ring (bicyclic) bond motifs is 1. The van der Waals surface area contributed by atoms with Gasteiger partial charge in [-0.1, -0.05) is 5.16 Å². The molecule has 0 saturated carbocycles. The van der Waals surface area contributed by atoms with Gasteiger partial charge in [-0.2, -0.15) is 9.29 Å². The fraction of sp³-hybridized carbons (Fsp3) is 0.467. The van der Waals surface area contributed by atoms with E-state index in [0.717, 1.165) is 9.87 Å². The molecule has 0 spiro atoms. The number of aryl methyl sites for hydroxylation is 1. The van der Waals surface area contributed by atoms with Crippen molar-refractivity contribution >= 4 is 10.0 Å². The molecule has 1 saturated heterocycles. The van der Waals surface area contributed by atoms with E-state index in [1.165, 1.54) is 6.07 Å². The summed E-state index contributed by atoms with van der Waals surface area (Å²) in [4.78, 5) is 4.20. The van der Waals surface area contributed by atoms with Gasteiger partial charge in [-0.15, -0.1) is 0 Å². The van der Waals surface area contributed by atoms with Gasteiger partial charge in [0.1, 0.15) is 18.0 Å². The lowest BCUT2D eigenvalue weighted by molar-refractivity contribution is 0.289. The Kier molecular flexibility index (Phi) is 3.57. The minimum atomic E-state index is -3.87. The van der Waals surface area contributed by atoms with Crippen LogP contribution >= 0.6 is 0 Å². The number of ether oxygens (including phenoxy) is 1. The number of nitrogens with zero attached hydrogens (tertiary/aromatic N) is 3. The average Bonchev–Trinajstić information content (AvgIpc) is 3.25. The summed E-state index contributed by atoms with van der Waals surface area (Å²) >= 11 is 0. The van der Waals surface area contributed by atoms with Gasteiger partial charge >= 0.3 is 0 Å². The second kappa shape index (κ2) is 5.52. The molecule has 2 aliphatic rings. The third-order valence-electron chi connectivity index (χ3n) is 4.30. The van der Waals surface area contributed by atoms with Crippen LogP contribution in [0.15, 0.2) is 27.6 Å². The fourth-order valence-electron chi connectivity index (χ4n) is 3.15. The summed E-state index contributed by atoms with van der Waals surface area (Å²) < 4.78 is 51.6. The second-order valence-electron chi connectivity index (χ2n) is 5.97. The number of sulfonamides is 1. The molecule has 0 bridgehead atoms. The minimum absolute atomic E-state index is 0.00884. The van der Waals surface area contributed by atoms with Crippen LogP contribution in [-0.4, -0.2) is 42.2 Å². The molecule has 0 radical (unpaired) electrons. The lowest BCUT2D eigenvalue weighted by Crippen LogP contribution is -2.31. The third kappa shape index (κ3) is 2.48. The number of halogens is 1. The summed E-state index contributed by atoms with van der Waals surface area (Å²) in [6.07, 6.45) is -0.597. The normalized spacial score (nSPS) is 24.1. The molecule has 128 valence electrons. The molecule has 4 rings (SSSR count). The zero-order chi connectivity index (χ0) is 16.9. The standard InChI is InChI=1S/C15H16FN3O4S/c1-9-17-15(23-18-9)13-7-11(16)8-19(13)24(20,21)12-2-3-14-10(6-12)4-5-22-14/h2-3,6,11,13H,4-5,7-8H2,1H3/t11-,13+/m0/s1. The maximum atomic E-state index is 14.0. The predicted octanol–water partition coefficient (Wildman–Crippen LogP) is 1.79. The zero-order valence-electron chi connectivity index (χ0n) is 13.0. The highest BCUT2D eigenvalue weighted by Crippen LogP contribution is 2.38. The first-order valence-electron chi connectivity index (χ1n) is 7.67. The highest BCUT2D eigenvalue weighted by atomic mass is 32.2. The summed E-state index contributed by atoms with van der Waals surface area (Å²) in [5.41, 5.74) is 0.845. The molecule has 24 heavy (non-hydrogen) atoms. The van der Waals surface area contributed by atoms with Gasteiger partial charge in [-0.05, 0) is 30.7 Å². The van der Waals surface area contributed by atoms with E-state index in [9.17, 15) is 12.8 Å². The van der Waals surface area contributed by atoms with Gasteiger partial charge in [0.15, 0.2) is 5.82 Å². The Balaban J connectivity index is 1.72. The van der Waals surface area contributed by atoms with E-state index in [4.69, 9.17) is 9.26 Å². The molecular formula is C15H16FN3O4S. The largest absolute Gasteiger partial charge is 0.493 e. The van der Waals surface area contributed by atoms with Gasteiger partial charge in [0.05, 0.1) is 11.5 Å². The molecule has 3 heterocycles. The molecular weight excluding hydrogens is 337 g/mol. The van der Waals surface area contributed by atoms with Gasteiger partial charge in [-0.3, -0.25) is 0 Å². The van der Waals surface area contributed by atoms with Gasteiger partial charge in [-0.25, -0.2) is 12.8 Å². The second-order valence-corrected chi connectivity index (χ2v) is 7.86. The maximum absolute atomic E-state index is 14.0. The van der Waals surface area contributed by atoms with E-state index in [2.05, 4.69) is 10.1 Å². The van der Waals surface area contributed by atoms with Crippen LogP contribution in [0.5, 0.6) is 5.75 Å². The van der Waals surface area contributed by atoms with E-state index in [-0.39, 0.29) is 23.8 Å². The van der Waals surface area contributed by atoms with Crippen LogP contribution in [0.4, 0.5) is 4.39 Å². The van der Waals surface area contributed by atoms with Gasteiger partial charge in [0.25, 0.3) is 0 Å². The van der Waals surface area contributed by atoms with Crippen molar-refractivity contribution in [1.29, 1.82) is 0 Å². The van der Waals surface area contributed by atoms with Crippen molar-refractivity contribution < 1.29 is 22.1 Å². The summed E-state index contributed by atoms with van der Waals surface area (Å²) in [6, 6.07) is 3.95. The van der Waals surface area contributed by atoms with Gasteiger partial charge in [0, 0.05) is 19.4 Å². The molecule has 2 aliphatic heterocycles. The van der Waals surface area contributed by atoms with Crippen molar-refractivity contribution in [1.82, 2.24) is 14.4 Å². The molecule has 9 heteroatoms. The van der Waals surface area contributed by atoms with E-state index in [1.54, 1.807) is 19.1 Å². The van der Waals surface area contributed by atoms with Gasteiger partial charge < -0.3 is 9.26 Å². The first-order chi connectivity index (χ1) is 11.4. The van der Waals surface area contributed by atoms with Crippen LogP contribution in [0.2, 0.25) is 0 Å². The summed E-state index contributed by atoms with van der Waals surface area (Å²) in [7, 11) is -3.87. The SMILES string of the molecule is Cc1noc([C@H]2C[C@H](F)CN2S(=O)(=O)c2ccc3c(c2)CCO3)n1. The average molecular weight is 353 g/mol. The smallest absolute Gasteiger partial charge is 0.245 e. The first-order valence-corrected chi connectivity index (χ1v) is 9.11. The number of aromatic nitrogens is 2. The molecule has 0 amide bonds. The Morgan fingerprint density at radius 2 is 2.21 bits per heavy atom. The molecule has 2 atom stereocenters. The molecule has 7 nitrogen and oxygen atoms in total. The molecule has 1 aromatic heterocycles. The molecule has 0 N–H and O–H groups in total. The fourth-order valence-corrected chi connectivity index (χ4v) is 4.82. The Labute approximate surface area is 138 Å². The van der Waals surface area contributed by atoms with Crippen LogP contribution in [0.3, 0.4) is 0 Å². The van der Waals surface area contributed by atoms with Crippen molar-refractivity contribution in [2.75, 3.05) is 13.2 Å². The quantitative estimate of drug-likeness (QED) is 0.836. The van der Waals surface area contributed by atoms with Crippen LogP contribution in [0.1, 0.15) is 29.7 Å². The molecule has 0 aliphatic carbocycles. The van der Waals surface area contributed by atoms with E-state index >= 15 is 0 Å². The Bertz CT molecular complexity index is 883. The predicted molar refractivity (Wildman–Crippen MR) is 80.8 cm³/mol. The number of benzene rings is 1. The van der Waals surface area contributed by atoms with E-state index in [1.807, 2.05) is 0 Å². The molecule has 1 fully saturated rings. The number of alkyl halides is 1. The van der Waals surface area contributed by atoms with Crippen molar-refractivity contribution in [3.63, 3.8) is 0 Å². The lowest BCUT2D eigenvalue weighted by Gasteiger charge is -2.21. The monoisotopic (exact) mass is 353 g/mol. The van der Waals surface area contributed by atoms with E-state index in [0.29, 0.717) is 24.6 Å². The highest BCUT2D eigenvalue weighted by molar-refractivity contribution is 7.89. The first kappa shape index (κ1) is 15.5. The van der Waals surface area contributed by atoms with Crippen molar-refractivity contribution in [3.05, 3.63) is 35.5 Å². The van der Waals surface area contributed by atoms with Crippen LogP contribution < -0.4 is 4.74 Å². The van der Waals surface area contributed by atoms with Crippen LogP contribution in [-0.2, 0) is 16.4 Å². The third-order valence-corrected chi connectivity index (χ3v) is 6.17. The zero-order valence-corrected chi connectivity index (χ0v) is 13.8. The van der Waals surface area contributed by atoms with Gasteiger partial charge in [0.2, 0.25) is 15.9 Å². The lowest BCUT2D eigenvalue weighted by atomic mass is 10.2. The number of rotatable bonds is 3. The van der Waals surface area contributed by atoms with Crippen LogP contribution in [0.25, 0.3) is 0 Å². The Morgan fingerprint density at radius 1 is 1.38 bits per heavy atom. The minimum Gasteiger partial charge on any atom is -0.493 e. The van der Waals surface area contributed by atoms with Crippen LogP contribution in [0, 0.1) is 6.92 Å². The Morgan fingerprint density at radius 3 is 2.96 bits per heavy atom. The summed E-state index contributed by atoms with van der Waals surface area (Å²) in [5.74, 6) is 1.21. The number of hydrogen-bond acceptors (Lipinski definition) is 6. The molecule has 1 aromatic carbocycles. The van der Waals surface area contributed by atoms with Crippen molar-refractivity contribution in [2.45, 2.75) is 36.9 Å². The topological polar surface area (TPSA) is 85.5 Å². The molecule has 0 unspecified atom stereocenters. The Hall–Kier alpha value is -2.00. The van der Waals surface area contributed by atoms with Crippen molar-refractivity contribution in [3.8, 4) is 5.75 Å². The summed E-state index contributed by atoms with van der Waals surface area (Å²) in [6.45, 7) is 1.95. The van der Waals surface area contributed by atoms with Crippen molar-refractivity contribution in [2.24, 2.45) is 0 Å². The molecule has 2 aromatic rings. The van der Waals surface area contributed by atoms with E-state index < -0.39 is 22.2 Å².